The predicted octanol–water partition coefficient (Wildman–Crippen LogP) is 11.5. The summed E-state index contributed by atoms with van der Waals surface area (Å²) in [4.78, 5) is 34.6. The minimum absolute atomic E-state index is 0.00553. The van der Waals surface area contributed by atoms with E-state index in [4.69, 9.17) is 67.8 Å². The molecule has 0 spiro atoms. The van der Waals surface area contributed by atoms with Gasteiger partial charge in [0, 0.05) is 17.4 Å². The second-order valence-electron chi connectivity index (χ2n) is 24.5. The number of hydrogen-bond acceptors (Lipinski definition) is 15. The summed E-state index contributed by atoms with van der Waals surface area (Å²) in [7, 11) is -3.41. The summed E-state index contributed by atoms with van der Waals surface area (Å²) >= 11 is 7.18. The van der Waals surface area contributed by atoms with Gasteiger partial charge in [0.05, 0.1) is 70.3 Å². The molecule has 8 rings (SSSR count). The number of aliphatic hydroxyl groups is 1. The number of methoxy groups -OCH3 is 3. The van der Waals surface area contributed by atoms with E-state index < -0.39 is 84.7 Å². The zero-order valence-corrected chi connectivity index (χ0v) is 54.1. The van der Waals surface area contributed by atoms with Gasteiger partial charge >= 0.3 is 5.97 Å². The number of hydrogen-bond donors (Lipinski definition) is 2. The molecule has 2 N–H and O–H groups in total. The Balaban J connectivity index is 1.42. The molecule has 3 aromatic carbocycles. The van der Waals surface area contributed by atoms with Crippen LogP contribution in [0.1, 0.15) is 75.1 Å². The highest BCUT2D eigenvalue weighted by Crippen LogP contribution is 2.49. The van der Waals surface area contributed by atoms with Gasteiger partial charge in [0.15, 0.2) is 53.0 Å². The number of halogens is 1. The van der Waals surface area contributed by atoms with E-state index in [1.54, 1.807) is 43.5 Å². The minimum Gasteiger partial charge on any atom is -0.497 e. The molecule has 20 heteroatoms. The van der Waals surface area contributed by atoms with Crippen LogP contribution in [0.15, 0.2) is 78.9 Å². The quantitative estimate of drug-likeness (QED) is 0.0280. The largest absolute Gasteiger partial charge is 0.497 e. The van der Waals surface area contributed by atoms with E-state index in [1.807, 2.05) is 83.5 Å². The molecule has 4 aliphatic rings. The van der Waals surface area contributed by atoms with E-state index >= 15 is 4.79 Å². The van der Waals surface area contributed by atoms with Crippen LogP contribution in [-0.2, 0) is 34.2 Å². The maximum atomic E-state index is 15.1. The number of rotatable bonds is 20. The zero-order chi connectivity index (χ0) is 60.2. The number of carbonyl (C=O) groups excluding carboxylic acids is 2. The van der Waals surface area contributed by atoms with Crippen molar-refractivity contribution in [2.75, 3.05) is 41.2 Å². The number of esters is 1. The number of pyridine rings is 1. The summed E-state index contributed by atoms with van der Waals surface area (Å²) in [5, 5.41) is 16.7. The molecule has 0 unspecified atom stereocenters. The molecule has 0 saturated carbocycles. The third-order valence-electron chi connectivity index (χ3n) is 14.5. The van der Waals surface area contributed by atoms with E-state index in [0.717, 1.165) is 5.56 Å². The first kappa shape index (κ1) is 63.7. The molecule has 0 radical (unpaired) electrons. The van der Waals surface area contributed by atoms with Gasteiger partial charge in [-0.25, -0.2) is 4.98 Å². The SMILES string of the molecule is C=CCOc1cc2cc(OC(C)C)c(OC)c(OC)c2cc1C(=O)N[C@@H]1CC(=O)OC[C@@H](COCc2ccc(OC)cc2)[C@@]2(O[Si](C)(C)C)C#CC3=C[C@H](Oc4ccc1nc4Cl)[C@@H](O[Si](C)(C)C(C)(C)C)[C@@]3(O[Si](C)(C)C)[C@@H](O)C#CC2. The topological polar surface area (TPSA) is 181 Å². The maximum absolute atomic E-state index is 15.1. The number of aliphatic hydroxyl groups excluding tert-OH is 1. The van der Waals surface area contributed by atoms with Gasteiger partial charge in [-0.15, -0.1) is 0 Å². The van der Waals surface area contributed by atoms with Crippen molar-refractivity contribution in [1.29, 1.82) is 0 Å². The van der Waals surface area contributed by atoms with Crippen molar-refractivity contribution in [3.8, 4) is 58.2 Å². The lowest BCUT2D eigenvalue weighted by Gasteiger charge is -2.48. The maximum Gasteiger partial charge on any atom is 0.308 e. The smallest absolute Gasteiger partial charge is 0.308 e. The average molecular weight is 1200 g/mol. The monoisotopic (exact) mass is 1200 g/mol. The Morgan fingerprint density at radius 3 is 2.24 bits per heavy atom. The van der Waals surface area contributed by atoms with Gasteiger partial charge in [-0.3, -0.25) is 9.59 Å². The molecule has 2 aliphatic heterocycles. The number of fused-ring (bicyclic) bond motifs is 8. The van der Waals surface area contributed by atoms with Gasteiger partial charge in [-0.2, -0.15) is 0 Å². The van der Waals surface area contributed by atoms with Crippen molar-refractivity contribution >= 4 is 59.2 Å². The minimum atomic E-state index is -2.76. The molecule has 82 heavy (non-hydrogen) atoms. The van der Waals surface area contributed by atoms with E-state index in [2.05, 4.69) is 69.4 Å². The molecule has 2 aliphatic carbocycles. The van der Waals surface area contributed by atoms with E-state index in [-0.39, 0.29) is 71.9 Å². The standard InChI is InChI=1S/C62H81ClN2O14Si3/c1-18-30-73-50-31-41-32-51(75-39(2)3)56(71-9)55(70-8)45(41)34-46(50)59(68)65-48-35-54(67)74-38-43(37-72-36-40-21-23-44(69-7)24-22-40)61(78-80(10,11)12)28-19-20-53(66)62(79-81(13,14)15)42(27-29-61)33-52(57(62)77-82(16,17)60(4,5)6)76-49-26-25-47(48)64-58(49)63/h18,21-26,31-34,39,43,48,52-53,57,66H,1,28,30,35-38H2,2-17H3,(H,65,68)/t43-,48-,52+,53+,57-,61+,62+/m1/s1. The second kappa shape index (κ2) is 25.6. The molecule has 0 fully saturated rings. The lowest BCUT2D eigenvalue weighted by atomic mass is 9.85. The first-order valence-corrected chi connectivity index (χ1v) is 37.7. The van der Waals surface area contributed by atoms with Crippen molar-refractivity contribution in [1.82, 2.24) is 10.3 Å². The Morgan fingerprint density at radius 2 is 1.63 bits per heavy atom. The third kappa shape index (κ3) is 14.5. The number of benzene rings is 3. The van der Waals surface area contributed by atoms with Crippen molar-refractivity contribution in [3.63, 3.8) is 0 Å². The molecule has 442 valence electrons. The fraction of sp³-hybridized carbons (Fsp3) is 0.500. The zero-order valence-electron chi connectivity index (χ0n) is 50.3. The van der Waals surface area contributed by atoms with Crippen molar-refractivity contribution < 1.29 is 65.9 Å². The predicted molar refractivity (Wildman–Crippen MR) is 325 cm³/mol. The number of nitrogens with one attached hydrogen (secondary N) is 1. The van der Waals surface area contributed by atoms with Crippen LogP contribution in [0.5, 0.6) is 34.5 Å². The van der Waals surface area contributed by atoms with E-state index in [1.165, 1.54) is 14.2 Å². The molecule has 5 bridgehead atoms. The van der Waals surface area contributed by atoms with Gasteiger partial charge in [-0.05, 0) is 131 Å². The summed E-state index contributed by atoms with van der Waals surface area (Å²) < 4.78 is 71.2. The highest BCUT2D eigenvalue weighted by atomic mass is 35.5. The van der Waals surface area contributed by atoms with Gasteiger partial charge < -0.3 is 61.6 Å². The molecule has 7 atom stereocenters. The van der Waals surface area contributed by atoms with Crippen LogP contribution in [0.2, 0.25) is 62.6 Å². The summed E-state index contributed by atoms with van der Waals surface area (Å²) in [5.74, 6) is 13.6. The Bertz CT molecular complexity index is 3160. The van der Waals surface area contributed by atoms with E-state index in [0.29, 0.717) is 39.3 Å². The summed E-state index contributed by atoms with van der Waals surface area (Å²) in [6.07, 6.45) is -0.650. The molecule has 1 aromatic heterocycles. The number of carbonyl (C=O) groups is 2. The lowest BCUT2D eigenvalue weighted by molar-refractivity contribution is -0.149. The molecular weight excluding hydrogens is 1120 g/mol. The van der Waals surface area contributed by atoms with Crippen LogP contribution in [-0.4, -0.2) is 124 Å². The van der Waals surface area contributed by atoms with Crippen LogP contribution >= 0.6 is 11.6 Å². The highest BCUT2D eigenvalue weighted by Gasteiger charge is 2.61. The van der Waals surface area contributed by atoms with Crippen molar-refractivity contribution in [2.24, 2.45) is 5.92 Å². The third-order valence-corrected chi connectivity index (χ3v) is 21.2. The molecule has 0 saturated heterocycles. The number of aromatic nitrogens is 1. The Hall–Kier alpha value is -5.85. The Kier molecular flexibility index (Phi) is 19.9. The van der Waals surface area contributed by atoms with Crippen LogP contribution in [0.4, 0.5) is 0 Å². The first-order valence-electron chi connectivity index (χ1n) is 27.6. The second-order valence-corrected chi connectivity index (χ2v) is 38.5. The van der Waals surface area contributed by atoms with Crippen molar-refractivity contribution in [3.05, 3.63) is 101 Å². The van der Waals surface area contributed by atoms with Crippen molar-refractivity contribution in [2.45, 2.75) is 153 Å². The van der Waals surface area contributed by atoms with E-state index in [9.17, 15) is 9.90 Å². The Morgan fingerprint density at radius 1 is 0.951 bits per heavy atom. The molecule has 3 heterocycles. The number of amides is 1. The summed E-state index contributed by atoms with van der Waals surface area (Å²) in [5.41, 5.74) is -1.54. The normalized spacial score (nSPS) is 22.9. The van der Waals surface area contributed by atoms with Gasteiger partial charge in [-0.1, -0.05) is 80.8 Å². The lowest BCUT2D eigenvalue weighted by Crippen LogP contribution is -2.63. The summed E-state index contributed by atoms with van der Waals surface area (Å²) in [6.45, 7) is 30.5. The van der Waals surface area contributed by atoms with Crippen LogP contribution in [0, 0.1) is 29.6 Å². The van der Waals surface area contributed by atoms with Crippen LogP contribution in [0.3, 0.4) is 0 Å². The van der Waals surface area contributed by atoms with Gasteiger partial charge in [0.25, 0.3) is 5.91 Å². The Labute approximate surface area is 492 Å². The average Bonchev–Trinajstić information content (AvgIpc) is 2.48. The van der Waals surface area contributed by atoms with Crippen LogP contribution in [0.25, 0.3) is 10.8 Å². The summed E-state index contributed by atoms with van der Waals surface area (Å²) in [6, 6.07) is 14.8. The van der Waals surface area contributed by atoms with Gasteiger partial charge in [0.2, 0.25) is 5.75 Å². The fourth-order valence-corrected chi connectivity index (χ4v) is 14.1. The van der Waals surface area contributed by atoms with Gasteiger partial charge in [0.1, 0.15) is 48.6 Å². The fourth-order valence-electron chi connectivity index (χ4n) is 9.83. The number of ether oxygens (including phenoxy) is 8. The first-order chi connectivity index (χ1) is 38.5. The molecular formula is C62H81ClN2O14Si3. The van der Waals surface area contributed by atoms with Crippen LogP contribution < -0.4 is 33.7 Å². The number of nitrogens with zero attached hydrogens (tertiary/aromatic N) is 1. The molecule has 4 aromatic rings. The molecule has 16 nitrogen and oxygen atoms in total. The molecule has 1 amide bonds. The highest BCUT2D eigenvalue weighted by molar-refractivity contribution is 6.74.